The molecule has 0 atom stereocenters. The molecule has 1 rings (SSSR count). The third-order valence-electron chi connectivity index (χ3n) is 1.95. The fourth-order valence-corrected chi connectivity index (χ4v) is 1.74. The van der Waals surface area contributed by atoms with E-state index < -0.39 is 11.9 Å². The number of nitrogens with one attached hydrogen (secondary N) is 2. The molecule has 8 heteroatoms. The van der Waals surface area contributed by atoms with Gasteiger partial charge in [-0.3, -0.25) is 9.59 Å². The van der Waals surface area contributed by atoms with E-state index in [1.54, 1.807) is 6.07 Å². The molecule has 0 aliphatic carbocycles. The van der Waals surface area contributed by atoms with Crippen LogP contribution in [0.15, 0.2) is 17.2 Å². The lowest BCUT2D eigenvalue weighted by Crippen LogP contribution is -2.27. The molecule has 0 radical (unpaired) electrons. The Morgan fingerprint density at radius 2 is 2.37 bits per heavy atom. The summed E-state index contributed by atoms with van der Waals surface area (Å²) in [7, 11) is 0. The highest BCUT2D eigenvalue weighted by Crippen LogP contribution is 2.14. The number of thiazole rings is 1. The summed E-state index contributed by atoms with van der Waals surface area (Å²) in [5, 5.41) is 24.7. The van der Waals surface area contributed by atoms with Crippen molar-refractivity contribution in [2.75, 3.05) is 11.9 Å². The standard InChI is InChI=1S/C11H12N4O3S/c1-7-6-19-11(15-7)14-5-8(4-12)10(18)13-3-2-9(16)17/h5-6H,2-3H2,1H3,(H,13,18)(H,14,15)(H,16,17)/b8-5-. The first-order valence-corrected chi connectivity index (χ1v) is 6.20. The Hall–Kier alpha value is -2.40. The average Bonchev–Trinajstić information content (AvgIpc) is 2.75. The van der Waals surface area contributed by atoms with Crippen molar-refractivity contribution < 1.29 is 14.7 Å². The molecule has 0 aliphatic heterocycles. The summed E-state index contributed by atoms with van der Waals surface area (Å²) in [5.74, 6) is -1.64. The summed E-state index contributed by atoms with van der Waals surface area (Å²) in [6, 6.07) is 1.73. The highest BCUT2D eigenvalue weighted by Gasteiger charge is 2.09. The van der Waals surface area contributed by atoms with Gasteiger partial charge in [0.15, 0.2) is 5.13 Å². The third kappa shape index (κ3) is 5.18. The SMILES string of the molecule is Cc1csc(N/C=C(/C#N)C(=O)NCCC(=O)O)n1. The Kier molecular flexibility index (Phi) is 5.50. The van der Waals surface area contributed by atoms with Crippen LogP contribution in [0.2, 0.25) is 0 Å². The maximum absolute atomic E-state index is 11.5. The summed E-state index contributed by atoms with van der Waals surface area (Å²) in [4.78, 5) is 25.9. The summed E-state index contributed by atoms with van der Waals surface area (Å²) >= 11 is 1.35. The minimum Gasteiger partial charge on any atom is -0.481 e. The molecule has 3 N–H and O–H groups in total. The van der Waals surface area contributed by atoms with Crippen molar-refractivity contribution in [2.45, 2.75) is 13.3 Å². The van der Waals surface area contributed by atoms with Crippen LogP contribution in [-0.2, 0) is 9.59 Å². The third-order valence-corrected chi connectivity index (χ3v) is 2.84. The minimum atomic E-state index is -1.01. The van der Waals surface area contributed by atoms with Gasteiger partial charge in [-0.05, 0) is 6.92 Å². The van der Waals surface area contributed by atoms with Crippen LogP contribution >= 0.6 is 11.3 Å². The van der Waals surface area contributed by atoms with Crippen LogP contribution < -0.4 is 10.6 Å². The number of carbonyl (C=O) groups is 2. The Labute approximate surface area is 113 Å². The molecule has 0 spiro atoms. The maximum Gasteiger partial charge on any atom is 0.305 e. The van der Waals surface area contributed by atoms with E-state index in [-0.39, 0.29) is 18.5 Å². The van der Waals surface area contributed by atoms with Crippen LogP contribution in [0.5, 0.6) is 0 Å². The molecule has 0 aliphatic rings. The monoisotopic (exact) mass is 280 g/mol. The van der Waals surface area contributed by atoms with Crippen LogP contribution in [-0.4, -0.2) is 28.5 Å². The predicted octanol–water partition coefficient (Wildman–Crippen LogP) is 0.862. The van der Waals surface area contributed by atoms with Gasteiger partial charge in [0.1, 0.15) is 11.6 Å². The van der Waals surface area contributed by atoms with Gasteiger partial charge in [0.05, 0.1) is 12.1 Å². The van der Waals surface area contributed by atoms with Gasteiger partial charge in [0, 0.05) is 18.1 Å². The number of nitrogens with zero attached hydrogens (tertiary/aromatic N) is 2. The first-order valence-electron chi connectivity index (χ1n) is 5.32. The Bertz CT molecular complexity index is 544. The summed E-state index contributed by atoms with van der Waals surface area (Å²) < 4.78 is 0. The number of aliphatic carboxylic acids is 1. The number of anilines is 1. The number of carbonyl (C=O) groups excluding carboxylic acids is 1. The van der Waals surface area contributed by atoms with Gasteiger partial charge >= 0.3 is 5.97 Å². The van der Waals surface area contributed by atoms with E-state index >= 15 is 0 Å². The van der Waals surface area contributed by atoms with Gasteiger partial charge in [0.25, 0.3) is 5.91 Å². The molecule has 0 unspecified atom stereocenters. The molecule has 1 heterocycles. The molecular weight excluding hydrogens is 268 g/mol. The maximum atomic E-state index is 11.5. The zero-order chi connectivity index (χ0) is 14.3. The first kappa shape index (κ1) is 14.7. The van der Waals surface area contributed by atoms with Crippen molar-refractivity contribution >= 4 is 28.3 Å². The van der Waals surface area contributed by atoms with E-state index in [0.717, 1.165) is 5.69 Å². The number of aryl methyl sites for hydroxylation is 1. The smallest absolute Gasteiger partial charge is 0.305 e. The van der Waals surface area contributed by atoms with Crippen molar-refractivity contribution in [1.29, 1.82) is 5.26 Å². The number of nitriles is 1. The van der Waals surface area contributed by atoms with E-state index in [0.29, 0.717) is 5.13 Å². The molecule has 100 valence electrons. The molecule has 19 heavy (non-hydrogen) atoms. The molecular formula is C11H12N4O3S. The van der Waals surface area contributed by atoms with Gasteiger partial charge < -0.3 is 15.7 Å². The number of aromatic nitrogens is 1. The van der Waals surface area contributed by atoms with Crippen molar-refractivity contribution in [2.24, 2.45) is 0 Å². The van der Waals surface area contributed by atoms with E-state index in [1.165, 1.54) is 17.5 Å². The van der Waals surface area contributed by atoms with Crippen LogP contribution in [0, 0.1) is 18.3 Å². The summed E-state index contributed by atoms with van der Waals surface area (Å²) in [6.45, 7) is 1.80. The van der Waals surface area contributed by atoms with Crippen LogP contribution in [0.3, 0.4) is 0 Å². The van der Waals surface area contributed by atoms with E-state index in [1.807, 2.05) is 12.3 Å². The molecule has 0 saturated heterocycles. The van der Waals surface area contributed by atoms with E-state index in [4.69, 9.17) is 10.4 Å². The second kappa shape index (κ2) is 7.13. The fraction of sp³-hybridized carbons (Fsp3) is 0.273. The van der Waals surface area contributed by atoms with E-state index in [2.05, 4.69) is 15.6 Å². The summed E-state index contributed by atoms with van der Waals surface area (Å²) in [6.07, 6.45) is 1.05. The average molecular weight is 280 g/mol. The lowest BCUT2D eigenvalue weighted by molar-refractivity contribution is -0.136. The van der Waals surface area contributed by atoms with Gasteiger partial charge in [-0.25, -0.2) is 4.98 Å². The number of carboxylic acid groups (broad SMARTS) is 1. The number of carboxylic acids is 1. The molecule has 1 aromatic heterocycles. The van der Waals surface area contributed by atoms with Crippen LogP contribution in [0.25, 0.3) is 0 Å². The lowest BCUT2D eigenvalue weighted by Gasteiger charge is -2.02. The molecule has 0 aromatic carbocycles. The molecule has 0 fully saturated rings. The highest BCUT2D eigenvalue weighted by atomic mass is 32.1. The van der Waals surface area contributed by atoms with Gasteiger partial charge in [0.2, 0.25) is 0 Å². The Balaban J connectivity index is 2.54. The normalized spacial score (nSPS) is 10.6. The fourth-order valence-electron chi connectivity index (χ4n) is 1.08. The van der Waals surface area contributed by atoms with Crippen molar-refractivity contribution in [3.8, 4) is 6.07 Å². The van der Waals surface area contributed by atoms with E-state index in [9.17, 15) is 9.59 Å². The second-order valence-electron chi connectivity index (χ2n) is 3.51. The Morgan fingerprint density at radius 1 is 1.63 bits per heavy atom. The molecule has 1 aromatic rings. The highest BCUT2D eigenvalue weighted by molar-refractivity contribution is 7.13. The largest absolute Gasteiger partial charge is 0.481 e. The topological polar surface area (TPSA) is 115 Å². The lowest BCUT2D eigenvalue weighted by atomic mass is 10.3. The zero-order valence-corrected chi connectivity index (χ0v) is 11.0. The van der Waals surface area contributed by atoms with Gasteiger partial charge in [-0.1, -0.05) is 0 Å². The van der Waals surface area contributed by atoms with Gasteiger partial charge in [-0.2, -0.15) is 5.26 Å². The zero-order valence-electron chi connectivity index (χ0n) is 10.1. The molecule has 7 nitrogen and oxygen atoms in total. The van der Waals surface area contributed by atoms with Gasteiger partial charge in [-0.15, -0.1) is 11.3 Å². The van der Waals surface area contributed by atoms with Crippen LogP contribution in [0.4, 0.5) is 5.13 Å². The number of hydrogen-bond donors (Lipinski definition) is 3. The Morgan fingerprint density at radius 3 is 2.89 bits per heavy atom. The van der Waals surface area contributed by atoms with Crippen molar-refractivity contribution in [3.63, 3.8) is 0 Å². The molecule has 0 saturated carbocycles. The van der Waals surface area contributed by atoms with Crippen LogP contribution in [0.1, 0.15) is 12.1 Å². The number of rotatable bonds is 6. The van der Waals surface area contributed by atoms with Crippen molar-refractivity contribution in [1.82, 2.24) is 10.3 Å². The minimum absolute atomic E-state index is 0.0243. The first-order chi connectivity index (χ1) is 9.02. The molecule has 1 amide bonds. The van der Waals surface area contributed by atoms with Crippen molar-refractivity contribution in [3.05, 3.63) is 22.8 Å². The predicted molar refractivity (Wildman–Crippen MR) is 69.4 cm³/mol. The quantitative estimate of drug-likeness (QED) is 0.526. The second-order valence-corrected chi connectivity index (χ2v) is 4.37. The summed E-state index contributed by atoms with van der Waals surface area (Å²) in [5.41, 5.74) is 0.698. The number of amides is 1. The molecule has 0 bridgehead atoms. The number of hydrogen-bond acceptors (Lipinski definition) is 6.